The molecule has 0 amide bonds. The van der Waals surface area contributed by atoms with Gasteiger partial charge in [-0.05, 0) is 44.0 Å². The summed E-state index contributed by atoms with van der Waals surface area (Å²) in [6, 6.07) is 13.8. The molecule has 1 aliphatic heterocycles. The van der Waals surface area contributed by atoms with E-state index in [0.29, 0.717) is 19.0 Å². The van der Waals surface area contributed by atoms with Crippen LogP contribution in [0.4, 0.5) is 5.95 Å². The first-order valence-corrected chi connectivity index (χ1v) is 11.3. The molecule has 5 aromatic rings. The molecular formula is C25H24N6O2. The van der Waals surface area contributed by atoms with Crippen molar-refractivity contribution in [2.75, 3.05) is 18.0 Å². The number of fused-ring (bicyclic) bond motifs is 2. The fourth-order valence-electron chi connectivity index (χ4n) is 4.83. The van der Waals surface area contributed by atoms with Crippen LogP contribution in [0, 0.1) is 0 Å². The van der Waals surface area contributed by atoms with Gasteiger partial charge in [-0.2, -0.15) is 0 Å². The Kier molecular flexibility index (Phi) is 4.71. The van der Waals surface area contributed by atoms with Crippen molar-refractivity contribution < 1.29 is 4.42 Å². The van der Waals surface area contributed by atoms with Crippen LogP contribution in [0.5, 0.6) is 0 Å². The number of pyridine rings is 1. The number of hydrogen-bond acceptors (Lipinski definition) is 6. The fourth-order valence-corrected chi connectivity index (χ4v) is 4.83. The molecule has 1 saturated heterocycles. The van der Waals surface area contributed by atoms with Gasteiger partial charge in [0.15, 0.2) is 5.65 Å². The number of aromatic nitrogens is 5. The van der Waals surface area contributed by atoms with Crippen LogP contribution in [0.1, 0.15) is 25.8 Å². The molecule has 1 atom stereocenters. The number of imidazole rings is 1. The highest BCUT2D eigenvalue weighted by Gasteiger charge is 2.27. The van der Waals surface area contributed by atoms with E-state index in [4.69, 9.17) is 4.42 Å². The first-order valence-electron chi connectivity index (χ1n) is 11.3. The molecule has 5 heterocycles. The van der Waals surface area contributed by atoms with Gasteiger partial charge in [0, 0.05) is 43.6 Å². The van der Waals surface area contributed by atoms with Crippen molar-refractivity contribution in [3.8, 4) is 11.3 Å². The minimum atomic E-state index is -0.000739. The largest absolute Gasteiger partial charge is 0.456 e. The summed E-state index contributed by atoms with van der Waals surface area (Å²) in [4.78, 5) is 29.1. The standard InChI is InChI=1S/C25H24N6O2/c1-2-30-20-9-5-11-26-23(20)31(25(30)32)19-8-6-12-29(16-19)24-27-14-18(15-28-24)22-13-17-7-3-4-10-21(17)33-22/h3-5,7,9-11,13-15,19H,2,6,8,12,16H2,1H3/t19-/m0/s1. The van der Waals surface area contributed by atoms with Crippen LogP contribution < -0.4 is 10.6 Å². The summed E-state index contributed by atoms with van der Waals surface area (Å²) < 4.78 is 9.59. The molecule has 6 rings (SSSR count). The zero-order chi connectivity index (χ0) is 22.4. The van der Waals surface area contributed by atoms with Gasteiger partial charge in [0.05, 0.1) is 17.1 Å². The van der Waals surface area contributed by atoms with Crippen LogP contribution in [-0.4, -0.2) is 37.2 Å². The molecule has 8 heteroatoms. The van der Waals surface area contributed by atoms with E-state index in [1.165, 1.54) is 0 Å². The van der Waals surface area contributed by atoms with Crippen LogP contribution in [0.25, 0.3) is 33.5 Å². The third kappa shape index (κ3) is 3.29. The highest BCUT2D eigenvalue weighted by molar-refractivity contribution is 5.82. The van der Waals surface area contributed by atoms with E-state index in [0.717, 1.165) is 52.8 Å². The van der Waals surface area contributed by atoms with Crippen LogP contribution in [0.15, 0.2) is 70.3 Å². The molecule has 33 heavy (non-hydrogen) atoms. The van der Waals surface area contributed by atoms with Crippen molar-refractivity contribution in [2.24, 2.45) is 0 Å². The summed E-state index contributed by atoms with van der Waals surface area (Å²) in [6.45, 7) is 4.14. The number of aryl methyl sites for hydroxylation is 1. The lowest BCUT2D eigenvalue weighted by atomic mass is 10.1. The summed E-state index contributed by atoms with van der Waals surface area (Å²) in [5, 5.41) is 1.06. The third-order valence-electron chi connectivity index (χ3n) is 6.43. The molecule has 1 aromatic carbocycles. The number of benzene rings is 1. The van der Waals surface area contributed by atoms with Gasteiger partial charge in [-0.3, -0.25) is 9.13 Å². The van der Waals surface area contributed by atoms with Gasteiger partial charge in [0.2, 0.25) is 5.95 Å². The summed E-state index contributed by atoms with van der Waals surface area (Å²) in [5.74, 6) is 1.42. The van der Waals surface area contributed by atoms with Gasteiger partial charge in [-0.15, -0.1) is 0 Å². The monoisotopic (exact) mass is 440 g/mol. The fraction of sp³-hybridized carbons (Fsp3) is 0.280. The van der Waals surface area contributed by atoms with E-state index in [1.807, 2.05) is 54.0 Å². The lowest BCUT2D eigenvalue weighted by Crippen LogP contribution is -2.40. The Morgan fingerprint density at radius 1 is 1.09 bits per heavy atom. The predicted molar refractivity (Wildman–Crippen MR) is 127 cm³/mol. The lowest BCUT2D eigenvalue weighted by molar-refractivity contribution is 0.396. The Hall–Kier alpha value is -3.94. The minimum absolute atomic E-state index is 0.000739. The van der Waals surface area contributed by atoms with Crippen molar-refractivity contribution in [2.45, 2.75) is 32.4 Å². The number of nitrogens with zero attached hydrogens (tertiary/aromatic N) is 6. The molecule has 0 radical (unpaired) electrons. The SMILES string of the molecule is CCn1c(=O)n([C@H]2CCCN(c3ncc(-c4cc5ccccc5o4)cn3)C2)c2ncccc21. The van der Waals surface area contributed by atoms with Gasteiger partial charge in [-0.25, -0.2) is 19.7 Å². The Balaban J connectivity index is 1.29. The number of para-hydroxylation sites is 1. The minimum Gasteiger partial charge on any atom is -0.456 e. The maximum Gasteiger partial charge on any atom is 0.330 e. The summed E-state index contributed by atoms with van der Waals surface area (Å²) >= 11 is 0. The number of furan rings is 1. The van der Waals surface area contributed by atoms with Gasteiger partial charge in [-0.1, -0.05) is 18.2 Å². The average Bonchev–Trinajstić information content (AvgIpc) is 3.42. The highest BCUT2D eigenvalue weighted by Crippen LogP contribution is 2.29. The van der Waals surface area contributed by atoms with E-state index in [1.54, 1.807) is 23.2 Å². The van der Waals surface area contributed by atoms with Crippen molar-refractivity contribution >= 4 is 28.1 Å². The Labute approximate surface area is 190 Å². The van der Waals surface area contributed by atoms with Crippen molar-refractivity contribution in [3.63, 3.8) is 0 Å². The third-order valence-corrected chi connectivity index (χ3v) is 6.43. The number of anilines is 1. The molecule has 8 nitrogen and oxygen atoms in total. The molecule has 1 aliphatic rings. The van der Waals surface area contributed by atoms with Crippen LogP contribution in [-0.2, 0) is 6.54 Å². The second-order valence-electron chi connectivity index (χ2n) is 8.41. The number of rotatable bonds is 4. The van der Waals surface area contributed by atoms with Crippen molar-refractivity contribution in [1.82, 2.24) is 24.1 Å². The molecule has 0 saturated carbocycles. The van der Waals surface area contributed by atoms with Crippen LogP contribution in [0.3, 0.4) is 0 Å². The first kappa shape index (κ1) is 19.7. The van der Waals surface area contributed by atoms with E-state index in [2.05, 4.69) is 19.9 Å². The van der Waals surface area contributed by atoms with E-state index < -0.39 is 0 Å². The van der Waals surface area contributed by atoms with Gasteiger partial charge in [0.1, 0.15) is 11.3 Å². The number of hydrogen-bond donors (Lipinski definition) is 0. The highest BCUT2D eigenvalue weighted by atomic mass is 16.3. The Morgan fingerprint density at radius 3 is 2.76 bits per heavy atom. The first-order chi connectivity index (χ1) is 16.2. The van der Waals surface area contributed by atoms with Crippen LogP contribution >= 0.6 is 0 Å². The Bertz CT molecular complexity index is 1460. The zero-order valence-electron chi connectivity index (χ0n) is 18.4. The smallest absolute Gasteiger partial charge is 0.330 e. The van der Waals surface area contributed by atoms with Crippen LogP contribution in [0.2, 0.25) is 0 Å². The summed E-state index contributed by atoms with van der Waals surface area (Å²) in [5.41, 5.74) is 3.32. The second kappa shape index (κ2) is 7.88. The lowest BCUT2D eigenvalue weighted by Gasteiger charge is -2.33. The molecule has 0 aliphatic carbocycles. The number of piperidine rings is 1. The average molecular weight is 441 g/mol. The van der Waals surface area contributed by atoms with E-state index in [9.17, 15) is 4.79 Å². The van der Waals surface area contributed by atoms with Gasteiger partial charge < -0.3 is 9.32 Å². The second-order valence-corrected chi connectivity index (χ2v) is 8.41. The molecule has 0 bridgehead atoms. The normalized spacial score (nSPS) is 16.6. The molecule has 0 N–H and O–H groups in total. The van der Waals surface area contributed by atoms with Gasteiger partial charge in [0.25, 0.3) is 0 Å². The quantitative estimate of drug-likeness (QED) is 0.415. The molecule has 4 aromatic heterocycles. The maximum atomic E-state index is 13.2. The molecule has 0 spiro atoms. The van der Waals surface area contributed by atoms with Gasteiger partial charge >= 0.3 is 5.69 Å². The Morgan fingerprint density at radius 2 is 1.94 bits per heavy atom. The molecule has 166 valence electrons. The van der Waals surface area contributed by atoms with E-state index >= 15 is 0 Å². The summed E-state index contributed by atoms with van der Waals surface area (Å²) in [6.07, 6.45) is 7.24. The predicted octanol–water partition coefficient (Wildman–Crippen LogP) is 4.26. The molecule has 1 fully saturated rings. The zero-order valence-corrected chi connectivity index (χ0v) is 18.4. The summed E-state index contributed by atoms with van der Waals surface area (Å²) in [7, 11) is 0. The molecule has 0 unspecified atom stereocenters. The van der Waals surface area contributed by atoms with E-state index in [-0.39, 0.29) is 11.7 Å². The topological polar surface area (TPSA) is 82.0 Å². The molecular weight excluding hydrogens is 416 g/mol. The van der Waals surface area contributed by atoms with Crippen molar-refractivity contribution in [3.05, 3.63) is 71.5 Å². The maximum absolute atomic E-state index is 13.2. The van der Waals surface area contributed by atoms with Crippen molar-refractivity contribution in [1.29, 1.82) is 0 Å².